The van der Waals surface area contributed by atoms with Gasteiger partial charge in [0.25, 0.3) is 0 Å². The molecule has 5 heteroatoms. The molecule has 2 aromatic carbocycles. The molecule has 0 saturated heterocycles. The molecule has 24 heavy (non-hydrogen) atoms. The van der Waals surface area contributed by atoms with Gasteiger partial charge in [-0.05, 0) is 17.2 Å². The first-order valence-electron chi connectivity index (χ1n) is 7.62. The van der Waals surface area contributed by atoms with Crippen LogP contribution >= 0.6 is 11.8 Å². The van der Waals surface area contributed by atoms with E-state index < -0.39 is 0 Å². The van der Waals surface area contributed by atoms with Crippen molar-refractivity contribution in [1.29, 1.82) is 0 Å². The Morgan fingerprint density at radius 2 is 1.42 bits per heavy atom. The zero-order valence-corrected chi connectivity index (χ0v) is 13.8. The summed E-state index contributed by atoms with van der Waals surface area (Å²) in [5.74, 6) is 0.227. The molecule has 0 spiro atoms. The van der Waals surface area contributed by atoms with Gasteiger partial charge in [-0.15, -0.1) is 0 Å². The normalized spacial score (nSPS) is 10.5. The molecule has 4 nitrogen and oxygen atoms in total. The fourth-order valence-corrected chi connectivity index (χ4v) is 2.96. The van der Waals surface area contributed by atoms with Crippen molar-refractivity contribution in [2.75, 3.05) is 5.75 Å². The van der Waals surface area contributed by atoms with E-state index in [9.17, 15) is 4.79 Å². The molecule has 1 amide bonds. The number of nitrogens with one attached hydrogen (secondary N) is 1. The number of thioether (sulfide) groups is 1. The molecule has 0 aliphatic carbocycles. The van der Waals surface area contributed by atoms with Crippen LogP contribution in [-0.2, 0) is 4.79 Å². The molecule has 0 aliphatic heterocycles. The SMILES string of the molecule is O=C(CSc1ncccn1)NC(c1ccccc1)c1ccccc1. The van der Waals surface area contributed by atoms with Crippen LogP contribution < -0.4 is 5.32 Å². The molecule has 120 valence electrons. The van der Waals surface area contributed by atoms with Gasteiger partial charge in [0.15, 0.2) is 5.16 Å². The second kappa shape index (κ2) is 8.26. The van der Waals surface area contributed by atoms with Crippen LogP contribution in [0.15, 0.2) is 84.3 Å². The van der Waals surface area contributed by atoms with Crippen molar-refractivity contribution >= 4 is 17.7 Å². The lowest BCUT2D eigenvalue weighted by atomic mass is 9.99. The predicted octanol–water partition coefficient (Wildman–Crippen LogP) is 3.47. The number of aromatic nitrogens is 2. The Morgan fingerprint density at radius 3 is 1.96 bits per heavy atom. The predicted molar refractivity (Wildman–Crippen MR) is 95.6 cm³/mol. The third-order valence-electron chi connectivity index (χ3n) is 3.45. The highest BCUT2D eigenvalue weighted by molar-refractivity contribution is 7.99. The zero-order valence-electron chi connectivity index (χ0n) is 13.0. The van der Waals surface area contributed by atoms with Gasteiger partial charge in [-0.1, -0.05) is 72.4 Å². The van der Waals surface area contributed by atoms with Crippen LogP contribution in [0.2, 0.25) is 0 Å². The summed E-state index contributed by atoms with van der Waals surface area (Å²) < 4.78 is 0. The minimum Gasteiger partial charge on any atom is -0.344 e. The lowest BCUT2D eigenvalue weighted by molar-refractivity contribution is -0.119. The molecule has 3 rings (SSSR count). The van der Waals surface area contributed by atoms with Crippen molar-refractivity contribution in [3.05, 3.63) is 90.3 Å². The summed E-state index contributed by atoms with van der Waals surface area (Å²) in [6.07, 6.45) is 3.34. The van der Waals surface area contributed by atoms with Crippen LogP contribution in [0.5, 0.6) is 0 Å². The molecule has 0 radical (unpaired) electrons. The van der Waals surface area contributed by atoms with Crippen LogP contribution in [0.4, 0.5) is 0 Å². The molecular weight excluding hydrogens is 318 g/mol. The maximum absolute atomic E-state index is 12.4. The second-order valence-corrected chi connectivity index (χ2v) is 6.08. The van der Waals surface area contributed by atoms with Gasteiger partial charge in [0.1, 0.15) is 0 Å². The molecule has 0 saturated carbocycles. The Bertz CT molecular complexity index is 727. The van der Waals surface area contributed by atoms with Crippen LogP contribution in [0.25, 0.3) is 0 Å². The molecule has 0 unspecified atom stereocenters. The zero-order chi connectivity index (χ0) is 16.6. The lowest BCUT2D eigenvalue weighted by Crippen LogP contribution is -2.30. The van der Waals surface area contributed by atoms with Crippen molar-refractivity contribution in [2.45, 2.75) is 11.2 Å². The fourth-order valence-electron chi connectivity index (χ4n) is 2.34. The average Bonchev–Trinajstić information content (AvgIpc) is 2.67. The van der Waals surface area contributed by atoms with Crippen LogP contribution in [0.3, 0.4) is 0 Å². The van der Waals surface area contributed by atoms with Gasteiger partial charge in [-0.25, -0.2) is 9.97 Å². The van der Waals surface area contributed by atoms with E-state index in [2.05, 4.69) is 15.3 Å². The Hall–Kier alpha value is -2.66. The van der Waals surface area contributed by atoms with E-state index in [1.807, 2.05) is 60.7 Å². The summed E-state index contributed by atoms with van der Waals surface area (Å²) in [5.41, 5.74) is 2.11. The molecule has 1 N–H and O–H groups in total. The van der Waals surface area contributed by atoms with E-state index in [0.29, 0.717) is 5.16 Å². The number of benzene rings is 2. The highest BCUT2D eigenvalue weighted by Crippen LogP contribution is 2.22. The third kappa shape index (κ3) is 4.43. The van der Waals surface area contributed by atoms with Gasteiger partial charge >= 0.3 is 0 Å². The van der Waals surface area contributed by atoms with Crippen molar-refractivity contribution in [3.63, 3.8) is 0 Å². The largest absolute Gasteiger partial charge is 0.344 e. The van der Waals surface area contributed by atoms with Gasteiger partial charge in [-0.3, -0.25) is 4.79 Å². The minimum absolute atomic E-state index is 0.0508. The molecule has 0 aliphatic rings. The number of amides is 1. The molecule has 0 bridgehead atoms. The van der Waals surface area contributed by atoms with Gasteiger partial charge in [0.2, 0.25) is 5.91 Å². The Morgan fingerprint density at radius 1 is 0.875 bits per heavy atom. The monoisotopic (exact) mass is 335 g/mol. The van der Waals surface area contributed by atoms with E-state index in [1.54, 1.807) is 18.5 Å². The molecule has 3 aromatic rings. The van der Waals surface area contributed by atoms with Gasteiger partial charge in [-0.2, -0.15) is 0 Å². The first kappa shape index (κ1) is 16.2. The van der Waals surface area contributed by atoms with Crippen LogP contribution in [0, 0.1) is 0 Å². The molecule has 0 atom stereocenters. The number of carbonyl (C=O) groups is 1. The summed E-state index contributed by atoms with van der Waals surface area (Å²) in [6, 6.07) is 21.5. The highest BCUT2D eigenvalue weighted by atomic mass is 32.2. The lowest BCUT2D eigenvalue weighted by Gasteiger charge is -2.19. The van der Waals surface area contributed by atoms with Gasteiger partial charge in [0.05, 0.1) is 11.8 Å². The summed E-state index contributed by atoms with van der Waals surface area (Å²) in [6.45, 7) is 0. The Balaban J connectivity index is 1.71. The quantitative estimate of drug-likeness (QED) is 0.553. The second-order valence-electron chi connectivity index (χ2n) is 5.14. The van der Waals surface area contributed by atoms with Crippen LogP contribution in [-0.4, -0.2) is 21.6 Å². The Labute approximate surface area is 145 Å². The van der Waals surface area contributed by atoms with E-state index in [0.717, 1.165) is 11.1 Å². The first-order valence-corrected chi connectivity index (χ1v) is 8.60. The molecule has 1 heterocycles. The standard InChI is InChI=1S/C19H17N3OS/c23-17(14-24-19-20-12-7-13-21-19)22-18(15-8-3-1-4-9-15)16-10-5-2-6-11-16/h1-13,18H,14H2,(H,22,23). The first-order chi connectivity index (χ1) is 11.8. The van der Waals surface area contributed by atoms with Crippen molar-refractivity contribution < 1.29 is 4.79 Å². The summed E-state index contributed by atoms with van der Waals surface area (Å²) >= 11 is 1.33. The Kier molecular flexibility index (Phi) is 5.58. The maximum Gasteiger partial charge on any atom is 0.231 e. The third-order valence-corrected chi connectivity index (χ3v) is 4.32. The molecular formula is C19H17N3OS. The van der Waals surface area contributed by atoms with E-state index >= 15 is 0 Å². The summed E-state index contributed by atoms with van der Waals surface area (Å²) in [4.78, 5) is 20.6. The average molecular weight is 335 g/mol. The number of hydrogen-bond acceptors (Lipinski definition) is 4. The number of nitrogens with zero attached hydrogens (tertiary/aromatic N) is 2. The maximum atomic E-state index is 12.4. The fraction of sp³-hybridized carbons (Fsp3) is 0.105. The van der Waals surface area contributed by atoms with E-state index in [4.69, 9.17) is 0 Å². The van der Waals surface area contributed by atoms with Crippen LogP contribution in [0.1, 0.15) is 17.2 Å². The summed E-state index contributed by atoms with van der Waals surface area (Å²) in [7, 11) is 0. The highest BCUT2D eigenvalue weighted by Gasteiger charge is 2.16. The smallest absolute Gasteiger partial charge is 0.231 e. The van der Waals surface area contributed by atoms with E-state index in [1.165, 1.54) is 11.8 Å². The molecule has 1 aromatic heterocycles. The van der Waals surface area contributed by atoms with Gasteiger partial charge in [0, 0.05) is 12.4 Å². The minimum atomic E-state index is -0.169. The topological polar surface area (TPSA) is 54.9 Å². The number of rotatable bonds is 6. The van der Waals surface area contributed by atoms with Crippen molar-refractivity contribution in [3.8, 4) is 0 Å². The summed E-state index contributed by atoms with van der Waals surface area (Å²) in [5, 5.41) is 3.71. The van der Waals surface area contributed by atoms with Gasteiger partial charge < -0.3 is 5.32 Å². The van der Waals surface area contributed by atoms with Crippen molar-refractivity contribution in [2.24, 2.45) is 0 Å². The number of carbonyl (C=O) groups excluding carboxylic acids is 1. The number of hydrogen-bond donors (Lipinski definition) is 1. The van der Waals surface area contributed by atoms with Crippen molar-refractivity contribution in [1.82, 2.24) is 15.3 Å². The molecule has 0 fully saturated rings. The van der Waals surface area contributed by atoms with E-state index in [-0.39, 0.29) is 17.7 Å².